The van der Waals surface area contributed by atoms with Crippen LogP contribution in [-0.4, -0.2) is 24.2 Å². The molecule has 0 saturated carbocycles. The quantitative estimate of drug-likeness (QED) is 0.800. The van der Waals surface area contributed by atoms with Crippen LogP contribution in [-0.2, 0) is 20.9 Å². The Balaban J connectivity index is 1.88. The van der Waals surface area contributed by atoms with Crippen molar-refractivity contribution in [2.24, 2.45) is 0 Å². The summed E-state index contributed by atoms with van der Waals surface area (Å²) in [5.74, 6) is -0.479. The van der Waals surface area contributed by atoms with Crippen LogP contribution in [0.5, 0.6) is 0 Å². The van der Waals surface area contributed by atoms with Crippen molar-refractivity contribution in [2.45, 2.75) is 25.7 Å². The van der Waals surface area contributed by atoms with Crippen molar-refractivity contribution in [3.05, 3.63) is 35.9 Å². The lowest BCUT2D eigenvalue weighted by molar-refractivity contribution is -0.148. The second kappa shape index (κ2) is 4.86. The minimum atomic E-state index is -0.716. The summed E-state index contributed by atoms with van der Waals surface area (Å²) >= 11 is 0. The Morgan fingerprint density at radius 3 is 2.71 bits per heavy atom. The van der Waals surface area contributed by atoms with E-state index in [2.05, 4.69) is 5.32 Å². The van der Waals surface area contributed by atoms with Gasteiger partial charge in [0.25, 0.3) is 0 Å². The van der Waals surface area contributed by atoms with Crippen LogP contribution in [0.1, 0.15) is 12.5 Å². The Kier molecular flexibility index (Phi) is 3.27. The fraction of sp³-hybridized carbons (Fsp3) is 0.333. The Labute approximate surface area is 98.7 Å². The molecule has 0 aromatic heterocycles. The number of carbonyl (C=O) groups is 2. The number of alkyl carbamates (subject to hydrolysis) is 1. The first-order valence-electron chi connectivity index (χ1n) is 5.34. The predicted octanol–water partition coefficient (Wildman–Crippen LogP) is 1.23. The number of hydrogen-bond donors (Lipinski definition) is 1. The lowest BCUT2D eigenvalue weighted by atomic mass is 10.2. The molecule has 1 aromatic rings. The minimum absolute atomic E-state index is 0.193. The molecule has 17 heavy (non-hydrogen) atoms. The summed E-state index contributed by atoms with van der Waals surface area (Å²) in [7, 11) is 0. The molecule has 0 aliphatic carbocycles. The van der Waals surface area contributed by atoms with E-state index >= 15 is 0 Å². The Morgan fingerprint density at radius 2 is 2.12 bits per heavy atom. The smallest absolute Gasteiger partial charge is 0.408 e. The molecule has 0 bridgehead atoms. The molecular weight excluding hydrogens is 222 g/mol. The Bertz CT molecular complexity index is 418. The number of esters is 1. The molecular formula is C12H13NO4. The van der Waals surface area contributed by atoms with E-state index in [0.717, 1.165) is 5.56 Å². The van der Waals surface area contributed by atoms with Crippen LogP contribution in [0.3, 0.4) is 0 Å². The van der Waals surface area contributed by atoms with Crippen LogP contribution in [0, 0.1) is 0 Å². The lowest BCUT2D eigenvalue weighted by Gasteiger charge is -2.11. The van der Waals surface area contributed by atoms with Gasteiger partial charge in [-0.25, -0.2) is 9.59 Å². The third-order valence-electron chi connectivity index (χ3n) is 2.51. The lowest BCUT2D eigenvalue weighted by Crippen LogP contribution is -2.39. The molecule has 1 N–H and O–H groups in total. The fourth-order valence-electron chi connectivity index (χ4n) is 1.58. The molecule has 0 radical (unpaired) electrons. The number of cyclic esters (lactones) is 1. The zero-order chi connectivity index (χ0) is 12.3. The van der Waals surface area contributed by atoms with Gasteiger partial charge in [-0.15, -0.1) is 0 Å². The van der Waals surface area contributed by atoms with Crippen LogP contribution in [0.4, 0.5) is 4.79 Å². The molecule has 5 nitrogen and oxygen atoms in total. The zero-order valence-corrected chi connectivity index (χ0v) is 9.38. The van der Waals surface area contributed by atoms with E-state index in [-0.39, 0.29) is 6.61 Å². The Morgan fingerprint density at radius 1 is 1.41 bits per heavy atom. The number of ether oxygens (including phenoxy) is 2. The van der Waals surface area contributed by atoms with E-state index in [1.807, 2.05) is 30.3 Å². The van der Waals surface area contributed by atoms with Gasteiger partial charge in [0.2, 0.25) is 0 Å². The largest absolute Gasteiger partial charge is 0.459 e. The van der Waals surface area contributed by atoms with E-state index in [1.165, 1.54) is 0 Å². The first kappa shape index (κ1) is 11.4. The van der Waals surface area contributed by atoms with Gasteiger partial charge in [0, 0.05) is 0 Å². The minimum Gasteiger partial charge on any atom is -0.459 e. The number of carbonyl (C=O) groups excluding carboxylic acids is 2. The summed E-state index contributed by atoms with van der Waals surface area (Å²) < 4.78 is 9.89. The third-order valence-corrected chi connectivity index (χ3v) is 2.51. The van der Waals surface area contributed by atoms with Crippen LogP contribution in [0.2, 0.25) is 0 Å². The van der Waals surface area contributed by atoms with Gasteiger partial charge in [-0.3, -0.25) is 0 Å². The van der Waals surface area contributed by atoms with Crippen LogP contribution in [0.25, 0.3) is 0 Å². The van der Waals surface area contributed by atoms with Gasteiger partial charge >= 0.3 is 12.1 Å². The number of nitrogens with one attached hydrogen (secondary N) is 1. The standard InChI is InChI=1S/C12H13NO4/c1-8-10(13-12(15)17-8)11(14)16-7-9-5-3-2-4-6-9/h2-6,8,10H,7H2,1H3,(H,13,15)/t8-,10-/m0/s1. The number of amides is 1. The molecule has 90 valence electrons. The average Bonchev–Trinajstić information content (AvgIpc) is 2.67. The first-order valence-corrected chi connectivity index (χ1v) is 5.34. The first-order chi connectivity index (χ1) is 8.16. The van der Waals surface area contributed by atoms with Crippen molar-refractivity contribution in [3.8, 4) is 0 Å². The second-order valence-electron chi connectivity index (χ2n) is 3.83. The van der Waals surface area contributed by atoms with Gasteiger partial charge in [0.15, 0.2) is 6.04 Å². The van der Waals surface area contributed by atoms with Crippen LogP contribution in [0.15, 0.2) is 30.3 Å². The maximum atomic E-state index is 11.7. The number of hydrogen-bond acceptors (Lipinski definition) is 4. The second-order valence-corrected chi connectivity index (χ2v) is 3.83. The van der Waals surface area contributed by atoms with Crippen LogP contribution < -0.4 is 5.32 Å². The normalized spacial score (nSPS) is 22.8. The molecule has 0 unspecified atom stereocenters. The van der Waals surface area contributed by atoms with Crippen molar-refractivity contribution in [3.63, 3.8) is 0 Å². The van der Waals surface area contributed by atoms with Gasteiger partial charge in [-0.05, 0) is 12.5 Å². The van der Waals surface area contributed by atoms with E-state index < -0.39 is 24.2 Å². The monoisotopic (exact) mass is 235 g/mol. The van der Waals surface area contributed by atoms with E-state index in [0.29, 0.717) is 0 Å². The van der Waals surface area contributed by atoms with Crippen molar-refractivity contribution in [1.29, 1.82) is 0 Å². The van der Waals surface area contributed by atoms with Crippen molar-refractivity contribution in [1.82, 2.24) is 5.32 Å². The highest BCUT2D eigenvalue weighted by atomic mass is 16.6. The number of benzene rings is 1. The molecule has 1 aliphatic heterocycles. The summed E-state index contributed by atoms with van der Waals surface area (Å²) in [5.41, 5.74) is 0.902. The third kappa shape index (κ3) is 2.75. The molecule has 1 fully saturated rings. The SMILES string of the molecule is C[C@@H]1OC(=O)N[C@@H]1C(=O)OCc1ccccc1. The van der Waals surface area contributed by atoms with Gasteiger partial charge in [-0.2, -0.15) is 0 Å². The van der Waals surface area contributed by atoms with E-state index in [4.69, 9.17) is 9.47 Å². The van der Waals surface area contributed by atoms with Gasteiger partial charge in [0.05, 0.1) is 0 Å². The van der Waals surface area contributed by atoms with Crippen molar-refractivity contribution >= 4 is 12.1 Å². The summed E-state index contributed by atoms with van der Waals surface area (Å²) in [4.78, 5) is 22.6. The maximum absolute atomic E-state index is 11.7. The van der Waals surface area contributed by atoms with Crippen molar-refractivity contribution in [2.75, 3.05) is 0 Å². The highest BCUT2D eigenvalue weighted by Gasteiger charge is 2.37. The van der Waals surface area contributed by atoms with Crippen molar-refractivity contribution < 1.29 is 19.1 Å². The van der Waals surface area contributed by atoms with E-state index in [1.54, 1.807) is 6.92 Å². The maximum Gasteiger partial charge on any atom is 0.408 e. The highest BCUT2D eigenvalue weighted by molar-refractivity contribution is 5.84. The summed E-state index contributed by atoms with van der Waals surface area (Å²) in [6, 6.07) is 8.63. The molecule has 1 heterocycles. The van der Waals surface area contributed by atoms with Gasteiger partial charge < -0.3 is 14.8 Å². The number of rotatable bonds is 3. The summed E-state index contributed by atoms with van der Waals surface area (Å²) in [6.07, 6.45) is -1.08. The van der Waals surface area contributed by atoms with Gasteiger partial charge in [0.1, 0.15) is 12.7 Å². The Hall–Kier alpha value is -2.04. The van der Waals surface area contributed by atoms with E-state index in [9.17, 15) is 9.59 Å². The summed E-state index contributed by atoms with van der Waals surface area (Å²) in [6.45, 7) is 1.84. The topological polar surface area (TPSA) is 64.6 Å². The summed E-state index contributed by atoms with van der Waals surface area (Å²) in [5, 5.41) is 2.40. The average molecular weight is 235 g/mol. The van der Waals surface area contributed by atoms with Gasteiger partial charge in [-0.1, -0.05) is 30.3 Å². The van der Waals surface area contributed by atoms with Crippen LogP contribution >= 0.6 is 0 Å². The predicted molar refractivity (Wildman–Crippen MR) is 59.1 cm³/mol. The fourth-order valence-corrected chi connectivity index (χ4v) is 1.58. The highest BCUT2D eigenvalue weighted by Crippen LogP contribution is 2.10. The molecule has 1 amide bonds. The molecule has 0 spiro atoms. The molecule has 2 atom stereocenters. The molecule has 2 rings (SSSR count). The molecule has 1 saturated heterocycles. The molecule has 5 heteroatoms. The molecule has 1 aliphatic rings. The molecule has 1 aromatic carbocycles. The zero-order valence-electron chi connectivity index (χ0n) is 9.38.